The number of ether oxygens (including phenoxy) is 3. The van der Waals surface area contributed by atoms with Gasteiger partial charge in [0.15, 0.2) is 0 Å². The number of hydrogen-bond acceptors (Lipinski definition) is 4. The first-order chi connectivity index (χ1) is 16.3. The molecule has 1 fully saturated rings. The molecule has 1 aliphatic rings. The van der Waals surface area contributed by atoms with E-state index in [1.165, 1.54) is 16.7 Å². The molecule has 1 aliphatic heterocycles. The number of piperidine rings is 1. The monoisotopic (exact) mass is 545 g/mol. The quantitative estimate of drug-likeness (QED) is 0.278. The lowest BCUT2D eigenvalue weighted by Crippen LogP contribution is -2.40. The summed E-state index contributed by atoms with van der Waals surface area (Å²) >= 11 is 3.62. The molecule has 1 heterocycles. The van der Waals surface area contributed by atoms with Crippen LogP contribution in [0.3, 0.4) is 0 Å². The molecule has 6 heteroatoms. The molecule has 2 atom stereocenters. The second-order valence-corrected chi connectivity index (χ2v) is 9.20. The third-order valence-corrected chi connectivity index (χ3v) is 6.73. The molecule has 34 heavy (non-hydrogen) atoms. The molecule has 3 aromatic rings. The molecule has 0 aliphatic carbocycles. The Morgan fingerprint density at radius 2 is 1.62 bits per heavy atom. The van der Waals surface area contributed by atoms with Gasteiger partial charge in [0.1, 0.15) is 5.75 Å². The van der Waals surface area contributed by atoms with Crippen LogP contribution in [0.4, 0.5) is 0 Å². The first kappa shape index (κ1) is 26.7. The van der Waals surface area contributed by atoms with Crippen molar-refractivity contribution < 1.29 is 14.2 Å². The summed E-state index contributed by atoms with van der Waals surface area (Å²) in [7, 11) is 0. The van der Waals surface area contributed by atoms with Gasteiger partial charge in [-0.1, -0.05) is 76.6 Å². The van der Waals surface area contributed by atoms with Crippen LogP contribution in [0.25, 0.3) is 0 Å². The van der Waals surface area contributed by atoms with Crippen LogP contribution in [-0.4, -0.2) is 32.4 Å². The Labute approximate surface area is 217 Å². The molecule has 0 spiro atoms. The van der Waals surface area contributed by atoms with Gasteiger partial charge in [0, 0.05) is 23.4 Å². The topological polar surface area (TPSA) is 39.7 Å². The predicted octanol–water partition coefficient (Wildman–Crippen LogP) is 6.52. The summed E-state index contributed by atoms with van der Waals surface area (Å²) in [5.41, 5.74) is 3.69. The van der Waals surface area contributed by atoms with Crippen molar-refractivity contribution in [3.8, 4) is 5.75 Å². The first-order valence-electron chi connectivity index (χ1n) is 11.7. The fraction of sp³-hybridized carbons (Fsp3) is 0.357. The first-order valence-corrected chi connectivity index (χ1v) is 12.5. The van der Waals surface area contributed by atoms with Gasteiger partial charge < -0.3 is 19.5 Å². The van der Waals surface area contributed by atoms with E-state index in [0.717, 1.165) is 36.2 Å². The van der Waals surface area contributed by atoms with E-state index < -0.39 is 0 Å². The maximum absolute atomic E-state index is 6.34. The second kappa shape index (κ2) is 14.5. The van der Waals surface area contributed by atoms with Crippen LogP contribution in [0.1, 0.15) is 35.4 Å². The van der Waals surface area contributed by atoms with Crippen LogP contribution < -0.4 is 10.1 Å². The maximum atomic E-state index is 6.34. The number of nitrogens with one attached hydrogen (secondary N) is 1. The van der Waals surface area contributed by atoms with Crippen molar-refractivity contribution in [3.63, 3.8) is 0 Å². The van der Waals surface area contributed by atoms with E-state index in [2.05, 4.69) is 69.8 Å². The Bertz CT molecular complexity index is 971. The third-order valence-electron chi connectivity index (χ3n) is 5.96. The van der Waals surface area contributed by atoms with Crippen LogP contribution in [0, 0.1) is 0 Å². The lowest BCUT2D eigenvalue weighted by Gasteiger charge is -2.32. The smallest absolute Gasteiger partial charge is 0.119 e. The number of benzene rings is 3. The zero-order valence-corrected chi connectivity index (χ0v) is 21.7. The van der Waals surface area contributed by atoms with E-state index >= 15 is 0 Å². The Kier molecular flexibility index (Phi) is 11.4. The standard InChI is InChI=1S/C28H32BrNO3.ClH/c29-27-10-5-4-9-24(27)21-33-28-19-30-16-15-26(28)23-11-13-25(14-12-23)32-18-6-17-31-20-22-7-2-1-3-8-22;/h1-5,7-14,26,28,30H,6,15-21H2;1H. The average molecular weight is 547 g/mol. The molecule has 0 aromatic heterocycles. The Balaban J connectivity index is 0.00000324. The molecular formula is C28H33BrClNO3. The molecule has 4 nitrogen and oxygen atoms in total. The van der Waals surface area contributed by atoms with Crippen LogP contribution in [0.2, 0.25) is 0 Å². The highest BCUT2D eigenvalue weighted by Gasteiger charge is 2.27. The Hall–Kier alpha value is -1.89. The number of rotatable bonds is 11. The average Bonchev–Trinajstić information content (AvgIpc) is 2.87. The fourth-order valence-electron chi connectivity index (χ4n) is 4.13. The van der Waals surface area contributed by atoms with Crippen molar-refractivity contribution in [1.29, 1.82) is 0 Å². The van der Waals surface area contributed by atoms with Gasteiger partial charge in [-0.05, 0) is 47.9 Å². The van der Waals surface area contributed by atoms with Gasteiger partial charge in [-0.2, -0.15) is 0 Å². The molecule has 1 saturated heterocycles. The van der Waals surface area contributed by atoms with Crippen molar-refractivity contribution in [3.05, 3.63) is 100 Å². The normalized spacial score (nSPS) is 17.7. The summed E-state index contributed by atoms with van der Waals surface area (Å²) in [6, 6.07) is 27.0. The van der Waals surface area contributed by atoms with E-state index in [4.69, 9.17) is 14.2 Å². The molecule has 182 valence electrons. The van der Waals surface area contributed by atoms with Crippen LogP contribution in [0.15, 0.2) is 83.3 Å². The SMILES string of the molecule is Brc1ccccc1COC1CNCCC1c1ccc(OCCCOCc2ccccc2)cc1.Cl. The summed E-state index contributed by atoms with van der Waals surface area (Å²) in [4.78, 5) is 0. The molecule has 4 rings (SSSR count). The van der Waals surface area contributed by atoms with E-state index in [0.29, 0.717) is 32.3 Å². The summed E-state index contributed by atoms with van der Waals surface area (Å²) in [5, 5.41) is 3.48. The minimum absolute atomic E-state index is 0. The Morgan fingerprint density at radius 1 is 0.853 bits per heavy atom. The number of halogens is 2. The van der Waals surface area contributed by atoms with E-state index in [-0.39, 0.29) is 18.5 Å². The molecule has 3 aromatic carbocycles. The molecule has 1 N–H and O–H groups in total. The van der Waals surface area contributed by atoms with Gasteiger partial charge in [0.05, 0.1) is 32.5 Å². The summed E-state index contributed by atoms with van der Waals surface area (Å²) in [6.07, 6.45) is 2.09. The van der Waals surface area contributed by atoms with Crippen LogP contribution in [-0.2, 0) is 22.7 Å². The predicted molar refractivity (Wildman–Crippen MR) is 143 cm³/mol. The van der Waals surface area contributed by atoms with Crippen LogP contribution in [0.5, 0.6) is 5.75 Å². The highest BCUT2D eigenvalue weighted by Crippen LogP contribution is 2.30. The van der Waals surface area contributed by atoms with Gasteiger partial charge >= 0.3 is 0 Å². The lowest BCUT2D eigenvalue weighted by atomic mass is 9.87. The zero-order valence-electron chi connectivity index (χ0n) is 19.3. The molecule has 0 amide bonds. The van der Waals surface area contributed by atoms with Crippen molar-refractivity contribution in [2.24, 2.45) is 0 Å². The van der Waals surface area contributed by atoms with Gasteiger partial charge in [-0.15, -0.1) is 12.4 Å². The lowest BCUT2D eigenvalue weighted by molar-refractivity contribution is 0.0103. The van der Waals surface area contributed by atoms with Gasteiger partial charge in [-0.3, -0.25) is 0 Å². The summed E-state index contributed by atoms with van der Waals surface area (Å²) in [5.74, 6) is 1.29. The summed E-state index contributed by atoms with van der Waals surface area (Å²) in [6.45, 7) is 4.49. The Morgan fingerprint density at radius 3 is 2.41 bits per heavy atom. The van der Waals surface area contributed by atoms with Crippen molar-refractivity contribution in [2.75, 3.05) is 26.3 Å². The van der Waals surface area contributed by atoms with Gasteiger partial charge in [0.25, 0.3) is 0 Å². The molecule has 0 saturated carbocycles. The fourth-order valence-corrected chi connectivity index (χ4v) is 4.52. The van der Waals surface area contributed by atoms with Crippen LogP contribution >= 0.6 is 28.3 Å². The highest BCUT2D eigenvalue weighted by atomic mass is 79.9. The molecular weight excluding hydrogens is 514 g/mol. The van der Waals surface area contributed by atoms with E-state index in [1.54, 1.807) is 0 Å². The second-order valence-electron chi connectivity index (χ2n) is 8.35. The molecule has 2 unspecified atom stereocenters. The minimum atomic E-state index is 0. The summed E-state index contributed by atoms with van der Waals surface area (Å²) < 4.78 is 19.1. The largest absolute Gasteiger partial charge is 0.494 e. The number of hydrogen-bond donors (Lipinski definition) is 1. The molecule has 0 bridgehead atoms. The van der Waals surface area contributed by atoms with Crippen molar-refractivity contribution in [1.82, 2.24) is 5.32 Å². The zero-order chi connectivity index (χ0) is 22.7. The van der Waals surface area contributed by atoms with Crippen molar-refractivity contribution in [2.45, 2.75) is 38.1 Å². The maximum Gasteiger partial charge on any atom is 0.119 e. The highest BCUT2D eigenvalue weighted by molar-refractivity contribution is 9.10. The minimum Gasteiger partial charge on any atom is -0.494 e. The van der Waals surface area contributed by atoms with E-state index in [9.17, 15) is 0 Å². The van der Waals surface area contributed by atoms with Gasteiger partial charge in [-0.25, -0.2) is 0 Å². The molecule has 0 radical (unpaired) electrons. The third kappa shape index (κ3) is 8.10. The van der Waals surface area contributed by atoms with E-state index in [1.807, 2.05) is 30.3 Å². The van der Waals surface area contributed by atoms with Crippen molar-refractivity contribution >= 4 is 28.3 Å². The van der Waals surface area contributed by atoms with Gasteiger partial charge in [0.2, 0.25) is 0 Å².